The van der Waals surface area contributed by atoms with E-state index in [-0.39, 0.29) is 6.03 Å². The van der Waals surface area contributed by atoms with Gasteiger partial charge in [0, 0.05) is 31.4 Å². The fraction of sp³-hybridized carbons (Fsp3) is 0.533. The lowest BCUT2D eigenvalue weighted by atomic mass is 10.2. The molecule has 2 aromatic heterocycles. The maximum absolute atomic E-state index is 12.1. The average molecular weight is 304 g/mol. The van der Waals surface area contributed by atoms with Crippen molar-refractivity contribution < 1.29 is 4.79 Å². The van der Waals surface area contributed by atoms with Crippen LogP contribution in [0.2, 0.25) is 0 Å². The van der Waals surface area contributed by atoms with Crippen molar-refractivity contribution in [1.29, 1.82) is 0 Å². The van der Waals surface area contributed by atoms with E-state index < -0.39 is 0 Å². The summed E-state index contributed by atoms with van der Waals surface area (Å²) in [7, 11) is 1.90. The number of anilines is 1. The summed E-state index contributed by atoms with van der Waals surface area (Å²) in [5, 5.41) is 14.5. The van der Waals surface area contributed by atoms with Gasteiger partial charge in [-0.2, -0.15) is 10.2 Å². The number of nitrogens with one attached hydrogen (secondary N) is 2. The second-order valence-corrected chi connectivity index (χ2v) is 5.44. The largest absolute Gasteiger partial charge is 0.334 e. The molecule has 0 aliphatic rings. The van der Waals surface area contributed by atoms with Gasteiger partial charge in [0.05, 0.1) is 22.8 Å². The summed E-state index contributed by atoms with van der Waals surface area (Å²) in [6.07, 6.45) is 0. The van der Waals surface area contributed by atoms with E-state index in [2.05, 4.69) is 20.8 Å². The Morgan fingerprint density at radius 3 is 2.27 bits per heavy atom. The molecule has 0 radical (unpaired) electrons. The number of rotatable bonds is 4. The summed E-state index contributed by atoms with van der Waals surface area (Å²) in [6.45, 7) is 11.0. The summed E-state index contributed by atoms with van der Waals surface area (Å²) >= 11 is 0. The Morgan fingerprint density at radius 1 is 1.09 bits per heavy atom. The van der Waals surface area contributed by atoms with Gasteiger partial charge in [0.25, 0.3) is 0 Å². The molecule has 0 saturated carbocycles. The minimum Gasteiger partial charge on any atom is -0.334 e. The molecule has 7 heteroatoms. The van der Waals surface area contributed by atoms with Gasteiger partial charge >= 0.3 is 6.03 Å². The fourth-order valence-corrected chi connectivity index (χ4v) is 2.59. The minimum absolute atomic E-state index is 0.232. The number of nitrogens with zero attached hydrogens (tertiary/aromatic N) is 4. The quantitative estimate of drug-likeness (QED) is 0.909. The SMILES string of the molecule is CCn1nc(C)c(NC(=O)NCc2c(C)nn(C)c2C)c1C. The van der Waals surface area contributed by atoms with Crippen LogP contribution in [0.1, 0.15) is 35.3 Å². The maximum atomic E-state index is 12.1. The zero-order valence-corrected chi connectivity index (χ0v) is 14.1. The van der Waals surface area contributed by atoms with Crippen LogP contribution >= 0.6 is 0 Å². The average Bonchev–Trinajstić information content (AvgIpc) is 2.87. The van der Waals surface area contributed by atoms with Gasteiger partial charge in [-0.1, -0.05) is 0 Å². The van der Waals surface area contributed by atoms with Crippen LogP contribution in [0.4, 0.5) is 10.5 Å². The van der Waals surface area contributed by atoms with Gasteiger partial charge in [0.1, 0.15) is 0 Å². The van der Waals surface area contributed by atoms with E-state index in [0.29, 0.717) is 6.54 Å². The highest BCUT2D eigenvalue weighted by molar-refractivity contribution is 5.90. The molecule has 7 nitrogen and oxygen atoms in total. The molecule has 0 bridgehead atoms. The third-order valence-corrected chi connectivity index (χ3v) is 4.00. The van der Waals surface area contributed by atoms with Gasteiger partial charge in [-0.05, 0) is 34.6 Å². The van der Waals surface area contributed by atoms with Crippen LogP contribution in [0.15, 0.2) is 0 Å². The number of aryl methyl sites for hydroxylation is 4. The van der Waals surface area contributed by atoms with E-state index >= 15 is 0 Å². The molecule has 2 heterocycles. The molecule has 0 saturated heterocycles. The molecule has 2 aromatic rings. The zero-order valence-electron chi connectivity index (χ0n) is 14.1. The van der Waals surface area contributed by atoms with E-state index in [1.54, 1.807) is 0 Å². The Hall–Kier alpha value is -2.31. The van der Waals surface area contributed by atoms with E-state index in [4.69, 9.17) is 0 Å². The van der Waals surface area contributed by atoms with Crippen LogP contribution in [-0.2, 0) is 20.1 Å². The minimum atomic E-state index is -0.232. The Morgan fingerprint density at radius 2 is 1.77 bits per heavy atom. The monoisotopic (exact) mass is 304 g/mol. The Labute approximate surface area is 130 Å². The van der Waals surface area contributed by atoms with Gasteiger partial charge in [-0.15, -0.1) is 0 Å². The molecule has 22 heavy (non-hydrogen) atoms. The van der Waals surface area contributed by atoms with Gasteiger partial charge < -0.3 is 10.6 Å². The number of hydrogen-bond donors (Lipinski definition) is 2. The molecule has 0 spiro atoms. The molecule has 0 atom stereocenters. The molecule has 0 fully saturated rings. The normalized spacial score (nSPS) is 10.8. The third kappa shape index (κ3) is 2.98. The molecule has 0 aliphatic carbocycles. The summed E-state index contributed by atoms with van der Waals surface area (Å²) in [4.78, 5) is 12.1. The van der Waals surface area contributed by atoms with E-state index in [9.17, 15) is 4.79 Å². The Kier molecular flexibility index (Phi) is 4.54. The predicted molar refractivity (Wildman–Crippen MR) is 85.9 cm³/mol. The maximum Gasteiger partial charge on any atom is 0.319 e. The van der Waals surface area contributed by atoms with Crippen LogP contribution < -0.4 is 10.6 Å². The molecular formula is C15H24N6O. The van der Waals surface area contributed by atoms with Gasteiger partial charge in [0.15, 0.2) is 0 Å². The Balaban J connectivity index is 2.03. The number of carbonyl (C=O) groups is 1. The van der Waals surface area contributed by atoms with Crippen molar-refractivity contribution in [1.82, 2.24) is 24.9 Å². The van der Waals surface area contributed by atoms with E-state index in [0.717, 1.165) is 40.6 Å². The summed E-state index contributed by atoms with van der Waals surface area (Å²) in [6, 6.07) is -0.232. The molecule has 0 aliphatic heterocycles. The lowest BCUT2D eigenvalue weighted by molar-refractivity contribution is 0.251. The summed E-state index contributed by atoms with van der Waals surface area (Å²) in [5.41, 5.74) is 5.61. The highest BCUT2D eigenvalue weighted by Gasteiger charge is 2.14. The third-order valence-electron chi connectivity index (χ3n) is 4.00. The molecule has 0 unspecified atom stereocenters. The van der Waals surface area contributed by atoms with Crippen molar-refractivity contribution in [3.63, 3.8) is 0 Å². The second-order valence-electron chi connectivity index (χ2n) is 5.44. The number of carbonyl (C=O) groups excluding carboxylic acids is 1. The van der Waals surface area contributed by atoms with Crippen LogP contribution in [0.3, 0.4) is 0 Å². The molecule has 0 aromatic carbocycles. The highest BCUT2D eigenvalue weighted by Crippen LogP contribution is 2.19. The molecule has 2 N–H and O–H groups in total. The van der Waals surface area contributed by atoms with Gasteiger partial charge in [-0.3, -0.25) is 9.36 Å². The number of amides is 2. The highest BCUT2D eigenvalue weighted by atomic mass is 16.2. The van der Waals surface area contributed by atoms with Crippen molar-refractivity contribution in [3.05, 3.63) is 28.3 Å². The first kappa shape index (κ1) is 16.1. The first-order chi connectivity index (χ1) is 10.3. The predicted octanol–water partition coefficient (Wildman–Crippen LogP) is 2.19. The van der Waals surface area contributed by atoms with Gasteiger partial charge in [-0.25, -0.2) is 4.79 Å². The molecule has 120 valence electrons. The van der Waals surface area contributed by atoms with E-state index in [1.807, 2.05) is 51.0 Å². The number of urea groups is 1. The topological polar surface area (TPSA) is 76.8 Å². The van der Waals surface area contributed by atoms with Crippen LogP contribution in [0.5, 0.6) is 0 Å². The number of aromatic nitrogens is 4. The van der Waals surface area contributed by atoms with Crippen molar-refractivity contribution in [2.45, 2.75) is 47.7 Å². The van der Waals surface area contributed by atoms with Crippen molar-refractivity contribution in [2.24, 2.45) is 7.05 Å². The standard InChI is InChI=1S/C15H24N6O/c1-7-21-12(5)14(10(3)19-21)17-15(22)16-8-13-9(2)18-20(6)11(13)4/h7-8H2,1-6H3,(H2,16,17,22). The van der Waals surface area contributed by atoms with Crippen molar-refractivity contribution in [3.8, 4) is 0 Å². The summed E-state index contributed by atoms with van der Waals surface area (Å²) in [5.74, 6) is 0. The summed E-state index contributed by atoms with van der Waals surface area (Å²) < 4.78 is 3.70. The molecule has 2 rings (SSSR count). The molecule has 2 amide bonds. The Bertz CT molecular complexity index is 697. The van der Waals surface area contributed by atoms with Gasteiger partial charge in [0.2, 0.25) is 0 Å². The first-order valence-corrected chi connectivity index (χ1v) is 7.43. The first-order valence-electron chi connectivity index (χ1n) is 7.43. The van der Waals surface area contributed by atoms with Crippen LogP contribution in [-0.4, -0.2) is 25.6 Å². The van der Waals surface area contributed by atoms with Crippen molar-refractivity contribution >= 4 is 11.7 Å². The lowest BCUT2D eigenvalue weighted by Gasteiger charge is -2.08. The second kappa shape index (κ2) is 6.21. The number of hydrogen-bond acceptors (Lipinski definition) is 3. The van der Waals surface area contributed by atoms with Crippen LogP contribution in [0, 0.1) is 27.7 Å². The zero-order chi connectivity index (χ0) is 16.4. The lowest BCUT2D eigenvalue weighted by Crippen LogP contribution is -2.29. The molecular weight excluding hydrogens is 280 g/mol. The van der Waals surface area contributed by atoms with Crippen molar-refractivity contribution in [2.75, 3.05) is 5.32 Å². The van der Waals surface area contributed by atoms with Crippen LogP contribution in [0.25, 0.3) is 0 Å². The van der Waals surface area contributed by atoms with E-state index in [1.165, 1.54) is 0 Å². The fourth-order valence-electron chi connectivity index (χ4n) is 2.59. The smallest absolute Gasteiger partial charge is 0.319 e.